The van der Waals surface area contributed by atoms with Gasteiger partial charge in [-0.15, -0.1) is 0 Å². The van der Waals surface area contributed by atoms with Gasteiger partial charge < -0.3 is 14.2 Å². The normalized spacial score (nSPS) is 21.1. The molecular formula is C12H16O6. The van der Waals surface area contributed by atoms with Crippen molar-refractivity contribution in [2.24, 2.45) is 5.41 Å². The maximum Gasteiger partial charge on any atom is 0.348 e. The second-order valence-corrected chi connectivity index (χ2v) is 4.74. The number of esters is 3. The quantitative estimate of drug-likeness (QED) is 0.416. The number of carbonyl (C=O) groups is 3. The molecule has 18 heavy (non-hydrogen) atoms. The van der Waals surface area contributed by atoms with Crippen LogP contribution in [0.1, 0.15) is 20.3 Å². The zero-order valence-electron chi connectivity index (χ0n) is 10.6. The Bertz CT molecular complexity index is 395. The summed E-state index contributed by atoms with van der Waals surface area (Å²) in [4.78, 5) is 34.0. The van der Waals surface area contributed by atoms with Crippen molar-refractivity contribution in [2.45, 2.75) is 26.4 Å². The lowest BCUT2D eigenvalue weighted by Gasteiger charge is -2.21. The van der Waals surface area contributed by atoms with Crippen LogP contribution in [0.3, 0.4) is 0 Å². The SMILES string of the molecule is C=C(CC(=O)OC)C(=O)O[C@H]1C(=O)OCC1(C)C. The molecule has 0 spiro atoms. The predicted molar refractivity (Wildman–Crippen MR) is 60.4 cm³/mol. The molecule has 1 aliphatic rings. The first-order valence-electron chi connectivity index (χ1n) is 5.40. The van der Waals surface area contributed by atoms with E-state index in [0.29, 0.717) is 0 Å². The fraction of sp³-hybridized carbons (Fsp3) is 0.583. The minimum absolute atomic E-state index is 0.0580. The van der Waals surface area contributed by atoms with Gasteiger partial charge in [0, 0.05) is 11.0 Å². The molecule has 1 saturated heterocycles. The standard InChI is InChI=1S/C12H16O6/c1-7(5-8(13)16-4)10(14)18-9-11(15)17-6-12(9,2)3/h9H,1,5-6H2,2-4H3/t9-/m0/s1. The van der Waals surface area contributed by atoms with Crippen LogP contribution in [-0.4, -0.2) is 37.7 Å². The minimum Gasteiger partial charge on any atom is -0.469 e. The van der Waals surface area contributed by atoms with E-state index in [1.165, 1.54) is 7.11 Å². The second kappa shape index (κ2) is 5.20. The molecule has 1 rings (SSSR count). The zero-order valence-corrected chi connectivity index (χ0v) is 10.6. The summed E-state index contributed by atoms with van der Waals surface area (Å²) in [6.07, 6.45) is -1.24. The number of hydrogen-bond acceptors (Lipinski definition) is 6. The summed E-state index contributed by atoms with van der Waals surface area (Å²) >= 11 is 0. The molecule has 0 N–H and O–H groups in total. The lowest BCUT2D eigenvalue weighted by molar-refractivity contribution is -0.160. The fourth-order valence-corrected chi connectivity index (χ4v) is 1.44. The van der Waals surface area contributed by atoms with Gasteiger partial charge in [-0.05, 0) is 0 Å². The van der Waals surface area contributed by atoms with E-state index in [0.717, 1.165) is 0 Å². The summed E-state index contributed by atoms with van der Waals surface area (Å²) in [6.45, 7) is 7.12. The smallest absolute Gasteiger partial charge is 0.348 e. The molecule has 1 fully saturated rings. The highest BCUT2D eigenvalue weighted by Gasteiger charge is 2.46. The van der Waals surface area contributed by atoms with Gasteiger partial charge in [-0.1, -0.05) is 20.4 Å². The van der Waals surface area contributed by atoms with Crippen LogP contribution in [0.2, 0.25) is 0 Å². The van der Waals surface area contributed by atoms with E-state index < -0.39 is 29.4 Å². The first-order valence-corrected chi connectivity index (χ1v) is 5.40. The van der Waals surface area contributed by atoms with E-state index in [1.54, 1.807) is 13.8 Å². The molecule has 0 saturated carbocycles. The topological polar surface area (TPSA) is 78.9 Å². The van der Waals surface area contributed by atoms with Gasteiger partial charge in [0.25, 0.3) is 0 Å². The predicted octanol–water partition coefficient (Wildman–Crippen LogP) is 0.600. The van der Waals surface area contributed by atoms with Crippen molar-refractivity contribution >= 4 is 17.9 Å². The third kappa shape index (κ3) is 3.09. The van der Waals surface area contributed by atoms with Crippen LogP contribution in [0.25, 0.3) is 0 Å². The van der Waals surface area contributed by atoms with Crippen molar-refractivity contribution in [3.05, 3.63) is 12.2 Å². The number of methoxy groups -OCH3 is 1. The van der Waals surface area contributed by atoms with Crippen LogP contribution in [0.15, 0.2) is 12.2 Å². The number of ether oxygens (including phenoxy) is 3. The summed E-state index contributed by atoms with van der Waals surface area (Å²) in [5, 5.41) is 0. The zero-order chi connectivity index (χ0) is 13.9. The molecule has 6 nitrogen and oxygen atoms in total. The Labute approximate surface area is 105 Å². The first-order chi connectivity index (χ1) is 8.27. The van der Waals surface area contributed by atoms with Gasteiger partial charge in [0.2, 0.25) is 6.10 Å². The first kappa shape index (κ1) is 14.2. The van der Waals surface area contributed by atoms with E-state index in [2.05, 4.69) is 11.3 Å². The molecule has 0 aliphatic carbocycles. The molecule has 1 atom stereocenters. The third-order valence-corrected chi connectivity index (χ3v) is 2.61. The van der Waals surface area contributed by atoms with E-state index in [-0.39, 0.29) is 18.6 Å². The highest BCUT2D eigenvalue weighted by molar-refractivity contribution is 5.94. The summed E-state index contributed by atoms with van der Waals surface area (Å²) < 4.78 is 14.3. The Balaban J connectivity index is 2.62. The highest BCUT2D eigenvalue weighted by Crippen LogP contribution is 2.31. The van der Waals surface area contributed by atoms with Crippen LogP contribution in [0, 0.1) is 5.41 Å². The molecule has 0 amide bonds. The Kier molecular flexibility index (Phi) is 4.11. The molecule has 0 aromatic rings. The van der Waals surface area contributed by atoms with Crippen molar-refractivity contribution in [1.82, 2.24) is 0 Å². The Hall–Kier alpha value is -1.85. The van der Waals surface area contributed by atoms with Crippen LogP contribution >= 0.6 is 0 Å². The van der Waals surface area contributed by atoms with Crippen LogP contribution in [0.4, 0.5) is 0 Å². The number of rotatable bonds is 4. The lowest BCUT2D eigenvalue weighted by atomic mass is 9.90. The monoisotopic (exact) mass is 256 g/mol. The summed E-state index contributed by atoms with van der Waals surface area (Å²) in [7, 11) is 1.21. The third-order valence-electron chi connectivity index (χ3n) is 2.61. The van der Waals surface area contributed by atoms with Crippen molar-refractivity contribution in [1.29, 1.82) is 0 Å². The van der Waals surface area contributed by atoms with Crippen molar-refractivity contribution in [3.63, 3.8) is 0 Å². The Morgan fingerprint density at radius 2 is 2.11 bits per heavy atom. The lowest BCUT2D eigenvalue weighted by Crippen LogP contribution is -2.35. The highest BCUT2D eigenvalue weighted by atomic mass is 16.6. The Morgan fingerprint density at radius 3 is 2.56 bits per heavy atom. The minimum atomic E-state index is -0.973. The molecule has 100 valence electrons. The van der Waals surface area contributed by atoms with Gasteiger partial charge in [-0.2, -0.15) is 0 Å². The van der Waals surface area contributed by atoms with E-state index in [1.807, 2.05) is 0 Å². The van der Waals surface area contributed by atoms with Gasteiger partial charge in [0.05, 0.1) is 13.5 Å². The molecule has 6 heteroatoms. The molecular weight excluding hydrogens is 240 g/mol. The van der Waals surface area contributed by atoms with Gasteiger partial charge >= 0.3 is 17.9 Å². The molecule has 0 radical (unpaired) electrons. The number of cyclic esters (lactones) is 1. The summed E-state index contributed by atoms with van der Waals surface area (Å²) in [5.74, 6) is -1.97. The van der Waals surface area contributed by atoms with Gasteiger partial charge in [-0.3, -0.25) is 4.79 Å². The number of carbonyl (C=O) groups excluding carboxylic acids is 3. The largest absolute Gasteiger partial charge is 0.469 e. The molecule has 0 aromatic heterocycles. The fourth-order valence-electron chi connectivity index (χ4n) is 1.44. The van der Waals surface area contributed by atoms with Gasteiger partial charge in [0.15, 0.2) is 0 Å². The van der Waals surface area contributed by atoms with E-state index >= 15 is 0 Å². The molecule has 0 unspecified atom stereocenters. The molecule has 1 heterocycles. The van der Waals surface area contributed by atoms with E-state index in [9.17, 15) is 14.4 Å². The van der Waals surface area contributed by atoms with Crippen molar-refractivity contribution < 1.29 is 28.6 Å². The average molecular weight is 256 g/mol. The summed E-state index contributed by atoms with van der Waals surface area (Å²) in [5.41, 5.74) is -0.643. The van der Waals surface area contributed by atoms with Crippen LogP contribution in [-0.2, 0) is 28.6 Å². The number of hydrogen-bond donors (Lipinski definition) is 0. The van der Waals surface area contributed by atoms with Gasteiger partial charge in [0.1, 0.15) is 6.61 Å². The average Bonchev–Trinajstić information content (AvgIpc) is 2.55. The Morgan fingerprint density at radius 1 is 1.50 bits per heavy atom. The van der Waals surface area contributed by atoms with Crippen LogP contribution < -0.4 is 0 Å². The van der Waals surface area contributed by atoms with Crippen molar-refractivity contribution in [3.8, 4) is 0 Å². The molecule has 0 aromatic carbocycles. The van der Waals surface area contributed by atoms with Crippen LogP contribution in [0.5, 0.6) is 0 Å². The van der Waals surface area contributed by atoms with Gasteiger partial charge in [-0.25, -0.2) is 9.59 Å². The molecule has 1 aliphatic heterocycles. The molecule has 0 bridgehead atoms. The summed E-state index contributed by atoms with van der Waals surface area (Å²) in [6, 6.07) is 0. The van der Waals surface area contributed by atoms with Crippen molar-refractivity contribution in [2.75, 3.05) is 13.7 Å². The maximum atomic E-state index is 11.6. The second-order valence-electron chi connectivity index (χ2n) is 4.74. The van der Waals surface area contributed by atoms with E-state index in [4.69, 9.17) is 9.47 Å². The maximum absolute atomic E-state index is 11.6.